The Balaban J connectivity index is 1.60. The third-order valence-corrected chi connectivity index (χ3v) is 3.87. The van der Waals surface area contributed by atoms with Crippen LogP contribution in [0.5, 0.6) is 5.75 Å². The number of amides is 2. The molecule has 0 unspecified atom stereocenters. The second kappa shape index (κ2) is 4.95. The molecule has 0 atom stereocenters. The monoisotopic (exact) mass is 307 g/mol. The molecule has 1 aliphatic rings. The molecular weight excluding hydrogens is 294 g/mol. The Morgan fingerprint density at radius 1 is 1.22 bits per heavy atom. The second-order valence-electron chi connectivity index (χ2n) is 5.46. The van der Waals surface area contributed by atoms with Gasteiger partial charge < -0.3 is 4.74 Å². The van der Waals surface area contributed by atoms with Gasteiger partial charge in [-0.25, -0.2) is 14.2 Å². The van der Waals surface area contributed by atoms with E-state index in [1.165, 1.54) is 6.20 Å². The van der Waals surface area contributed by atoms with Crippen LogP contribution >= 0.6 is 0 Å². The molecule has 2 aromatic heterocycles. The summed E-state index contributed by atoms with van der Waals surface area (Å²) < 4.78 is 7.01. The minimum Gasteiger partial charge on any atom is -0.406 e. The summed E-state index contributed by atoms with van der Waals surface area (Å²) in [6, 6.07) is 10.9. The van der Waals surface area contributed by atoms with Gasteiger partial charge >= 0.3 is 6.09 Å². The highest BCUT2D eigenvalue weighted by Crippen LogP contribution is 2.25. The quantitative estimate of drug-likeness (QED) is 0.693. The highest BCUT2D eigenvalue weighted by Gasteiger charge is 2.33. The first-order valence-corrected chi connectivity index (χ1v) is 7.19. The van der Waals surface area contributed by atoms with Crippen LogP contribution in [-0.2, 0) is 6.54 Å². The Morgan fingerprint density at radius 3 is 2.87 bits per heavy atom. The maximum absolute atomic E-state index is 12.3. The number of hydrogen-bond donors (Lipinski definition) is 0. The van der Waals surface area contributed by atoms with Crippen LogP contribution in [0.2, 0.25) is 0 Å². The summed E-state index contributed by atoms with van der Waals surface area (Å²) >= 11 is 0. The number of carbonyl (C=O) groups excluding carboxylic acids is 2. The molecule has 0 saturated carbocycles. The molecule has 23 heavy (non-hydrogen) atoms. The van der Waals surface area contributed by atoms with E-state index >= 15 is 0 Å². The molecule has 0 spiro atoms. The number of nitrogens with zero attached hydrogens (tertiary/aromatic N) is 3. The highest BCUT2D eigenvalue weighted by molar-refractivity contribution is 6.06. The van der Waals surface area contributed by atoms with Crippen molar-refractivity contribution in [2.75, 3.05) is 0 Å². The van der Waals surface area contributed by atoms with Crippen molar-refractivity contribution in [2.45, 2.75) is 13.5 Å². The van der Waals surface area contributed by atoms with Gasteiger partial charge in [0.1, 0.15) is 5.52 Å². The topological polar surface area (TPSA) is 63.9 Å². The zero-order chi connectivity index (χ0) is 16.0. The molecule has 3 aromatic rings. The minimum absolute atomic E-state index is 0.228. The molecule has 4 rings (SSSR count). The average molecular weight is 307 g/mol. The molecule has 3 heterocycles. The van der Waals surface area contributed by atoms with E-state index < -0.39 is 6.09 Å². The van der Waals surface area contributed by atoms with Crippen LogP contribution in [0.15, 0.2) is 48.8 Å². The number of fused-ring (bicyclic) bond motifs is 2. The maximum Gasteiger partial charge on any atom is 0.422 e. The second-order valence-corrected chi connectivity index (χ2v) is 5.46. The van der Waals surface area contributed by atoms with Gasteiger partial charge in [0.15, 0.2) is 5.75 Å². The molecule has 0 aliphatic carbocycles. The summed E-state index contributed by atoms with van der Waals surface area (Å²) in [6.45, 7) is 2.18. The predicted octanol–water partition coefficient (Wildman–Crippen LogP) is 2.80. The number of benzene rings is 1. The van der Waals surface area contributed by atoms with Crippen molar-refractivity contribution in [1.29, 1.82) is 0 Å². The van der Waals surface area contributed by atoms with Crippen LogP contribution in [0.25, 0.3) is 5.52 Å². The number of rotatable bonds is 1. The summed E-state index contributed by atoms with van der Waals surface area (Å²) in [5.41, 5.74) is 3.08. The first kappa shape index (κ1) is 13.5. The molecule has 0 bridgehead atoms. The fraction of sp³-hybridized carbons (Fsp3) is 0.118. The largest absolute Gasteiger partial charge is 0.422 e. The lowest BCUT2D eigenvalue weighted by atomic mass is 10.1. The molecule has 6 nitrogen and oxygen atoms in total. The van der Waals surface area contributed by atoms with E-state index in [-0.39, 0.29) is 12.5 Å². The van der Waals surface area contributed by atoms with Crippen molar-refractivity contribution >= 4 is 17.5 Å². The van der Waals surface area contributed by atoms with Gasteiger partial charge in [-0.15, -0.1) is 0 Å². The van der Waals surface area contributed by atoms with Crippen molar-refractivity contribution < 1.29 is 14.3 Å². The Morgan fingerprint density at radius 2 is 2.04 bits per heavy atom. The number of hydrogen-bond acceptors (Lipinski definition) is 4. The van der Waals surface area contributed by atoms with E-state index in [2.05, 4.69) is 5.10 Å². The molecule has 0 radical (unpaired) electrons. The summed E-state index contributed by atoms with van der Waals surface area (Å²) in [5, 5.41) is 4.15. The first-order chi connectivity index (χ1) is 11.1. The first-order valence-electron chi connectivity index (χ1n) is 7.19. The number of pyridine rings is 1. The third kappa shape index (κ3) is 2.15. The Hall–Kier alpha value is -3.15. The smallest absolute Gasteiger partial charge is 0.406 e. The summed E-state index contributed by atoms with van der Waals surface area (Å²) in [6.07, 6.45) is 2.62. The lowest BCUT2D eigenvalue weighted by Gasteiger charge is -2.12. The van der Waals surface area contributed by atoms with E-state index in [0.29, 0.717) is 16.8 Å². The van der Waals surface area contributed by atoms with Crippen molar-refractivity contribution in [3.8, 4) is 5.75 Å². The minimum atomic E-state index is -0.693. The Kier molecular flexibility index (Phi) is 2.90. The van der Waals surface area contributed by atoms with Crippen LogP contribution in [-0.4, -0.2) is 26.5 Å². The fourth-order valence-corrected chi connectivity index (χ4v) is 2.69. The summed E-state index contributed by atoms with van der Waals surface area (Å²) in [5.74, 6) is -0.00308. The van der Waals surface area contributed by atoms with Gasteiger partial charge in [-0.1, -0.05) is 24.3 Å². The average Bonchev–Trinajstić information content (AvgIpc) is 3.09. The third-order valence-electron chi connectivity index (χ3n) is 3.87. The number of imide groups is 1. The van der Waals surface area contributed by atoms with Crippen LogP contribution in [0.4, 0.5) is 4.79 Å². The van der Waals surface area contributed by atoms with Crippen LogP contribution in [0.3, 0.4) is 0 Å². The molecule has 1 aromatic carbocycles. The normalized spacial score (nSPS) is 13.4. The fourth-order valence-electron chi connectivity index (χ4n) is 2.69. The van der Waals surface area contributed by atoms with Crippen LogP contribution < -0.4 is 4.74 Å². The standard InChI is InChI=1S/C17H13N3O3/c1-11-6-7-14-15(8-18-20(14)9-11)23-17(22)19-10-12-4-2-3-5-13(12)16(19)21/h2-9H,10H2,1H3. The Labute approximate surface area is 131 Å². The molecule has 2 amide bonds. The van der Waals surface area contributed by atoms with Crippen LogP contribution in [0.1, 0.15) is 21.5 Å². The lowest BCUT2D eigenvalue weighted by molar-refractivity contribution is 0.0775. The lowest BCUT2D eigenvalue weighted by Crippen LogP contribution is -2.33. The van der Waals surface area contributed by atoms with Gasteiger partial charge in [-0.2, -0.15) is 5.10 Å². The molecule has 0 fully saturated rings. The maximum atomic E-state index is 12.3. The van der Waals surface area contributed by atoms with E-state index in [4.69, 9.17) is 4.74 Å². The van der Waals surface area contributed by atoms with Gasteiger partial charge in [0, 0.05) is 11.8 Å². The zero-order valence-corrected chi connectivity index (χ0v) is 12.4. The van der Waals surface area contributed by atoms with E-state index in [0.717, 1.165) is 16.0 Å². The predicted molar refractivity (Wildman–Crippen MR) is 82.3 cm³/mol. The van der Waals surface area contributed by atoms with Crippen LogP contribution in [0, 0.1) is 6.92 Å². The molecule has 114 valence electrons. The molecule has 0 saturated heterocycles. The van der Waals surface area contributed by atoms with Crippen molar-refractivity contribution in [3.63, 3.8) is 0 Å². The van der Waals surface area contributed by atoms with Gasteiger partial charge in [0.2, 0.25) is 0 Å². The number of aromatic nitrogens is 2. The molecule has 0 N–H and O–H groups in total. The number of ether oxygens (including phenoxy) is 1. The van der Waals surface area contributed by atoms with E-state index in [1.54, 1.807) is 16.6 Å². The van der Waals surface area contributed by atoms with E-state index in [9.17, 15) is 9.59 Å². The number of carbonyl (C=O) groups is 2. The SMILES string of the molecule is Cc1ccc2c(OC(=O)N3Cc4ccccc4C3=O)cnn2c1. The highest BCUT2D eigenvalue weighted by atomic mass is 16.6. The van der Waals surface area contributed by atoms with Gasteiger partial charge in [0.05, 0.1) is 12.7 Å². The van der Waals surface area contributed by atoms with Crippen molar-refractivity contribution in [3.05, 3.63) is 65.5 Å². The zero-order valence-electron chi connectivity index (χ0n) is 12.4. The van der Waals surface area contributed by atoms with Gasteiger partial charge in [-0.05, 0) is 30.2 Å². The molecule has 1 aliphatic heterocycles. The van der Waals surface area contributed by atoms with Gasteiger partial charge in [-0.3, -0.25) is 4.79 Å². The number of aryl methyl sites for hydroxylation is 1. The Bertz CT molecular complexity index is 945. The molecular formula is C17H13N3O3. The summed E-state index contributed by atoms with van der Waals surface area (Å²) in [4.78, 5) is 25.7. The molecule has 6 heteroatoms. The van der Waals surface area contributed by atoms with Crippen molar-refractivity contribution in [2.24, 2.45) is 0 Å². The van der Waals surface area contributed by atoms with Crippen molar-refractivity contribution in [1.82, 2.24) is 14.5 Å². The summed E-state index contributed by atoms with van der Waals surface area (Å²) in [7, 11) is 0. The van der Waals surface area contributed by atoms with E-state index in [1.807, 2.05) is 37.4 Å². The van der Waals surface area contributed by atoms with Gasteiger partial charge in [0.25, 0.3) is 5.91 Å².